The number of carbonyl (C=O) groups excluding carboxylic acids is 2. The van der Waals surface area contributed by atoms with Crippen LogP contribution in [-0.2, 0) is 20.7 Å². The molecule has 38 heavy (non-hydrogen) atoms. The van der Waals surface area contributed by atoms with Gasteiger partial charge in [0.1, 0.15) is 0 Å². The molecule has 8 nitrogen and oxygen atoms in total. The molecule has 1 aromatic rings. The second-order valence-electron chi connectivity index (χ2n) is 11.7. The molecule has 2 unspecified atom stereocenters. The van der Waals surface area contributed by atoms with Crippen molar-refractivity contribution in [2.75, 3.05) is 34.0 Å². The van der Waals surface area contributed by atoms with Crippen molar-refractivity contribution in [1.29, 1.82) is 0 Å². The first-order chi connectivity index (χ1) is 17.8. The van der Waals surface area contributed by atoms with Crippen LogP contribution in [0.4, 0.5) is 0 Å². The summed E-state index contributed by atoms with van der Waals surface area (Å²) in [5.74, 6) is 1.34. The van der Waals surface area contributed by atoms with Crippen molar-refractivity contribution in [2.45, 2.75) is 79.8 Å². The quantitative estimate of drug-likeness (QED) is 0.226. The Kier molecular flexibility index (Phi) is 14.7. The molecular weight excluding hydrogens is 484 g/mol. The van der Waals surface area contributed by atoms with Gasteiger partial charge in [0.05, 0.1) is 25.2 Å². The first-order valence-electron chi connectivity index (χ1n) is 13.9. The number of hydrogen-bond donors (Lipinski definition) is 3. The lowest BCUT2D eigenvalue weighted by atomic mass is 9.82. The van der Waals surface area contributed by atoms with Crippen LogP contribution in [0.2, 0.25) is 0 Å². The summed E-state index contributed by atoms with van der Waals surface area (Å²) in [5, 5.41) is 13.7. The van der Waals surface area contributed by atoms with Gasteiger partial charge in [-0.1, -0.05) is 33.8 Å². The number of benzene rings is 1. The first kappa shape index (κ1) is 33.7. The van der Waals surface area contributed by atoms with Crippen LogP contribution in [0.25, 0.3) is 0 Å². The van der Waals surface area contributed by atoms with Crippen molar-refractivity contribution in [3.05, 3.63) is 23.8 Å². The van der Waals surface area contributed by atoms with E-state index in [2.05, 4.69) is 25.2 Å². The Morgan fingerprint density at radius 2 is 1.71 bits per heavy atom. The summed E-state index contributed by atoms with van der Waals surface area (Å²) >= 11 is 0. The molecule has 0 aromatic heterocycles. The molecular formula is C30H52N2O6. The maximum absolute atomic E-state index is 12.9. The third kappa shape index (κ3) is 11.6. The number of aliphatic hydroxyl groups excluding tert-OH is 1. The third-order valence-corrected chi connectivity index (χ3v) is 7.33. The van der Waals surface area contributed by atoms with Crippen molar-refractivity contribution in [3.8, 4) is 11.5 Å². The summed E-state index contributed by atoms with van der Waals surface area (Å²) < 4.78 is 16.5. The van der Waals surface area contributed by atoms with Gasteiger partial charge in [0.2, 0.25) is 11.8 Å². The van der Waals surface area contributed by atoms with Crippen molar-refractivity contribution < 1.29 is 28.9 Å². The molecule has 218 valence electrons. The maximum atomic E-state index is 12.9. The van der Waals surface area contributed by atoms with Crippen LogP contribution in [0.1, 0.15) is 72.8 Å². The lowest BCUT2D eigenvalue weighted by Crippen LogP contribution is -2.45. The Hall–Kier alpha value is -2.32. The van der Waals surface area contributed by atoms with Gasteiger partial charge in [-0.05, 0) is 75.0 Å². The van der Waals surface area contributed by atoms with Crippen LogP contribution < -0.4 is 20.5 Å². The topological polar surface area (TPSA) is 120 Å². The van der Waals surface area contributed by atoms with Gasteiger partial charge in [-0.2, -0.15) is 0 Å². The van der Waals surface area contributed by atoms with Gasteiger partial charge in [-0.15, -0.1) is 0 Å². The standard InChI is InChI=1S/C30H52N2O6/c1-20(2)23(16-22-10-13-26(37-8)27(17-22)38-15-9-14-36-7)11-12-24(33)18-25(21(3)4)28(34)32-19-30(5,6)29(31)35/h10,13,17,20-21,23-25,33H,9,11-12,14-16,18-19H2,1-8H3,(H2,31,35)(H,32,34)/t23?,24?,25-/m0/s1. The van der Waals surface area contributed by atoms with E-state index in [1.807, 2.05) is 26.0 Å². The molecule has 2 amide bonds. The number of aliphatic hydroxyl groups is 1. The highest BCUT2D eigenvalue weighted by atomic mass is 16.5. The SMILES string of the molecule is COCCCOc1cc(CC(CCC(O)C[C@H](C(=O)NCC(C)(C)C(N)=O)C(C)C)C(C)C)ccc1OC. The van der Waals surface area contributed by atoms with Crippen LogP contribution >= 0.6 is 0 Å². The van der Waals surface area contributed by atoms with Gasteiger partial charge in [-0.25, -0.2) is 0 Å². The zero-order valence-corrected chi connectivity index (χ0v) is 24.8. The van der Waals surface area contributed by atoms with Gasteiger partial charge in [0, 0.05) is 32.6 Å². The molecule has 4 N–H and O–H groups in total. The van der Waals surface area contributed by atoms with E-state index in [4.69, 9.17) is 19.9 Å². The molecule has 0 heterocycles. The maximum Gasteiger partial charge on any atom is 0.224 e. The van der Waals surface area contributed by atoms with E-state index >= 15 is 0 Å². The number of amides is 2. The predicted molar refractivity (Wildman–Crippen MR) is 151 cm³/mol. The molecule has 3 atom stereocenters. The molecule has 0 spiro atoms. The van der Waals surface area contributed by atoms with E-state index < -0.39 is 17.4 Å². The summed E-state index contributed by atoms with van der Waals surface area (Å²) in [6.07, 6.45) is 2.91. The molecule has 0 radical (unpaired) electrons. The van der Waals surface area contributed by atoms with Crippen LogP contribution in [0.5, 0.6) is 11.5 Å². The van der Waals surface area contributed by atoms with E-state index in [0.29, 0.717) is 43.6 Å². The number of rotatable bonds is 19. The predicted octanol–water partition coefficient (Wildman–Crippen LogP) is 4.36. The highest BCUT2D eigenvalue weighted by Gasteiger charge is 2.30. The zero-order valence-electron chi connectivity index (χ0n) is 24.8. The van der Waals surface area contributed by atoms with E-state index in [1.54, 1.807) is 28.1 Å². The minimum absolute atomic E-state index is 0.0591. The number of nitrogens with one attached hydrogen (secondary N) is 1. The van der Waals surface area contributed by atoms with Crippen LogP contribution in [0.3, 0.4) is 0 Å². The van der Waals surface area contributed by atoms with Crippen molar-refractivity contribution in [3.63, 3.8) is 0 Å². The normalized spacial score (nSPS) is 14.3. The molecule has 0 bridgehead atoms. The van der Waals surface area contributed by atoms with Crippen molar-refractivity contribution in [1.82, 2.24) is 5.32 Å². The smallest absolute Gasteiger partial charge is 0.224 e. The molecule has 0 aliphatic rings. The fourth-order valence-corrected chi connectivity index (χ4v) is 4.35. The fraction of sp³-hybridized carbons (Fsp3) is 0.733. The second-order valence-corrected chi connectivity index (χ2v) is 11.7. The molecule has 1 rings (SSSR count). The minimum atomic E-state index is -0.823. The fourth-order valence-electron chi connectivity index (χ4n) is 4.35. The Bertz CT molecular complexity index is 855. The summed E-state index contributed by atoms with van der Waals surface area (Å²) in [4.78, 5) is 24.5. The lowest BCUT2D eigenvalue weighted by molar-refractivity contribution is -0.130. The van der Waals surface area contributed by atoms with Crippen molar-refractivity contribution >= 4 is 11.8 Å². The number of primary amides is 1. The third-order valence-electron chi connectivity index (χ3n) is 7.33. The average Bonchev–Trinajstić information content (AvgIpc) is 2.85. The minimum Gasteiger partial charge on any atom is -0.493 e. The summed E-state index contributed by atoms with van der Waals surface area (Å²) in [5.41, 5.74) is 5.77. The summed E-state index contributed by atoms with van der Waals surface area (Å²) in [7, 11) is 3.31. The largest absolute Gasteiger partial charge is 0.493 e. The molecule has 8 heteroatoms. The Morgan fingerprint density at radius 3 is 2.26 bits per heavy atom. The van der Waals surface area contributed by atoms with Gasteiger partial charge in [0.25, 0.3) is 0 Å². The summed E-state index contributed by atoms with van der Waals surface area (Å²) in [6.45, 7) is 13.2. The second kappa shape index (κ2) is 16.6. The Morgan fingerprint density at radius 1 is 1.03 bits per heavy atom. The molecule has 0 saturated carbocycles. The average molecular weight is 537 g/mol. The van der Waals surface area contributed by atoms with Crippen LogP contribution in [0, 0.1) is 29.1 Å². The first-order valence-corrected chi connectivity index (χ1v) is 13.9. The van der Waals surface area contributed by atoms with Crippen molar-refractivity contribution in [2.24, 2.45) is 34.8 Å². The molecule has 0 saturated heterocycles. The number of ether oxygens (including phenoxy) is 3. The lowest BCUT2D eigenvalue weighted by Gasteiger charge is -2.27. The Balaban J connectivity index is 2.77. The number of methoxy groups -OCH3 is 2. The zero-order chi connectivity index (χ0) is 28.9. The van der Waals surface area contributed by atoms with E-state index in [1.165, 1.54) is 0 Å². The van der Waals surface area contributed by atoms with Crippen LogP contribution in [-0.4, -0.2) is 57.0 Å². The monoisotopic (exact) mass is 536 g/mol. The summed E-state index contributed by atoms with van der Waals surface area (Å²) in [6, 6.07) is 6.06. The van der Waals surface area contributed by atoms with E-state index in [-0.39, 0.29) is 24.3 Å². The van der Waals surface area contributed by atoms with Crippen LogP contribution in [0.15, 0.2) is 18.2 Å². The van der Waals surface area contributed by atoms with Gasteiger partial charge < -0.3 is 30.4 Å². The van der Waals surface area contributed by atoms with E-state index in [0.717, 1.165) is 30.6 Å². The van der Waals surface area contributed by atoms with E-state index in [9.17, 15) is 14.7 Å². The van der Waals surface area contributed by atoms with Gasteiger partial charge in [0.15, 0.2) is 11.5 Å². The highest BCUT2D eigenvalue weighted by molar-refractivity contribution is 5.83. The Labute approximate surface area is 230 Å². The molecule has 0 aliphatic carbocycles. The van der Waals surface area contributed by atoms with Gasteiger partial charge >= 0.3 is 0 Å². The molecule has 0 fully saturated rings. The van der Waals surface area contributed by atoms with Gasteiger partial charge in [-0.3, -0.25) is 9.59 Å². The highest BCUT2D eigenvalue weighted by Crippen LogP contribution is 2.32. The number of nitrogens with two attached hydrogens (primary N) is 1. The molecule has 1 aromatic carbocycles. The number of carbonyl (C=O) groups is 2. The molecule has 0 aliphatic heterocycles. The number of hydrogen-bond acceptors (Lipinski definition) is 6.